The van der Waals surface area contributed by atoms with Gasteiger partial charge in [0.2, 0.25) is 10.0 Å². The maximum atomic E-state index is 12.6. The van der Waals surface area contributed by atoms with Crippen molar-refractivity contribution in [2.75, 3.05) is 32.9 Å². The Morgan fingerprint density at radius 3 is 2.56 bits per heavy atom. The van der Waals surface area contributed by atoms with Gasteiger partial charge in [0.05, 0.1) is 30.4 Å². The summed E-state index contributed by atoms with van der Waals surface area (Å²) in [6.45, 7) is 3.10. The summed E-state index contributed by atoms with van der Waals surface area (Å²) in [5, 5.41) is 2.76. The maximum Gasteiger partial charge on any atom is 0.258 e. The van der Waals surface area contributed by atoms with Gasteiger partial charge in [-0.25, -0.2) is 8.42 Å². The zero-order valence-electron chi connectivity index (χ0n) is 15.0. The lowest BCUT2D eigenvalue weighted by atomic mass is 10.2. The molecule has 0 radical (unpaired) electrons. The summed E-state index contributed by atoms with van der Waals surface area (Å²) in [5.41, 5.74) is 0. The van der Waals surface area contributed by atoms with Crippen LogP contribution in [0.3, 0.4) is 0 Å². The van der Waals surface area contributed by atoms with Crippen molar-refractivity contribution < 1.29 is 27.1 Å². The number of rotatable bonds is 7. The molecule has 1 fully saturated rings. The van der Waals surface area contributed by atoms with E-state index in [0.717, 1.165) is 0 Å². The number of nitrogens with one attached hydrogen (secondary N) is 1. The molecular weight excluding hydrogens is 372 g/mol. The molecule has 3 rings (SSSR count). The van der Waals surface area contributed by atoms with Gasteiger partial charge >= 0.3 is 0 Å². The summed E-state index contributed by atoms with van der Waals surface area (Å²) in [6.07, 6.45) is 1.54. The van der Waals surface area contributed by atoms with E-state index in [-0.39, 0.29) is 23.5 Å². The van der Waals surface area contributed by atoms with Gasteiger partial charge in [-0.2, -0.15) is 4.31 Å². The number of ether oxygens (including phenoxy) is 2. The summed E-state index contributed by atoms with van der Waals surface area (Å²) in [4.78, 5) is 12.2. The SMILES string of the molecule is C[C@@H](NC(=O)COc1ccc(S(=O)(=O)N2CCOCC2)cc1)c1ccco1. The quantitative estimate of drug-likeness (QED) is 0.765. The molecule has 8 nitrogen and oxygen atoms in total. The number of amides is 1. The van der Waals surface area contributed by atoms with Crippen LogP contribution in [-0.2, 0) is 19.6 Å². The molecule has 2 heterocycles. The summed E-state index contributed by atoms with van der Waals surface area (Å²) in [6, 6.07) is 9.29. The molecule has 1 amide bonds. The van der Waals surface area contributed by atoms with Crippen LogP contribution in [0.25, 0.3) is 0 Å². The monoisotopic (exact) mass is 394 g/mol. The van der Waals surface area contributed by atoms with Crippen LogP contribution in [0.4, 0.5) is 0 Å². The van der Waals surface area contributed by atoms with E-state index in [1.807, 2.05) is 6.92 Å². The molecule has 1 saturated heterocycles. The number of nitrogens with zero attached hydrogens (tertiary/aromatic N) is 1. The van der Waals surface area contributed by atoms with Gasteiger partial charge in [0.1, 0.15) is 11.5 Å². The van der Waals surface area contributed by atoms with E-state index < -0.39 is 10.0 Å². The molecule has 0 unspecified atom stereocenters. The molecule has 1 aliphatic heterocycles. The van der Waals surface area contributed by atoms with Gasteiger partial charge in [-0.1, -0.05) is 0 Å². The highest BCUT2D eigenvalue weighted by molar-refractivity contribution is 7.89. The van der Waals surface area contributed by atoms with Gasteiger partial charge in [-0.15, -0.1) is 0 Å². The molecule has 9 heteroatoms. The number of morpholine rings is 1. The van der Waals surface area contributed by atoms with Crippen LogP contribution in [0.5, 0.6) is 5.75 Å². The fourth-order valence-corrected chi connectivity index (χ4v) is 4.09. The molecule has 2 aromatic rings. The molecule has 1 N–H and O–H groups in total. The lowest BCUT2D eigenvalue weighted by Gasteiger charge is -2.26. The second kappa shape index (κ2) is 8.55. The summed E-state index contributed by atoms with van der Waals surface area (Å²) >= 11 is 0. The molecule has 0 aliphatic carbocycles. The van der Waals surface area contributed by atoms with E-state index in [1.165, 1.54) is 28.6 Å². The second-order valence-electron chi connectivity index (χ2n) is 6.08. The summed E-state index contributed by atoms with van der Waals surface area (Å²) in [7, 11) is -3.54. The number of carbonyl (C=O) groups is 1. The van der Waals surface area contributed by atoms with Crippen LogP contribution < -0.4 is 10.1 Å². The predicted octanol–water partition coefficient (Wildman–Crippen LogP) is 1.56. The van der Waals surface area contributed by atoms with Crippen LogP contribution in [0.15, 0.2) is 52.0 Å². The predicted molar refractivity (Wildman–Crippen MR) is 96.8 cm³/mol. The Labute approximate surface area is 158 Å². The van der Waals surface area contributed by atoms with Gasteiger partial charge in [-0.05, 0) is 43.3 Å². The molecule has 1 atom stereocenters. The molecule has 1 aliphatic rings. The molecule has 146 valence electrons. The first-order valence-corrected chi connectivity index (χ1v) is 10.0. The van der Waals surface area contributed by atoms with Crippen LogP contribution in [0.1, 0.15) is 18.7 Å². The van der Waals surface area contributed by atoms with Gasteiger partial charge in [-0.3, -0.25) is 4.79 Å². The Kier molecular flexibility index (Phi) is 6.15. The summed E-state index contributed by atoms with van der Waals surface area (Å²) < 4.78 is 42.4. The fraction of sp³-hybridized carbons (Fsp3) is 0.389. The van der Waals surface area contributed by atoms with Crippen LogP contribution in [0, 0.1) is 0 Å². The Bertz CT molecular complexity index is 842. The lowest BCUT2D eigenvalue weighted by molar-refractivity contribution is -0.123. The molecular formula is C18H22N2O6S. The highest BCUT2D eigenvalue weighted by Crippen LogP contribution is 2.20. The minimum atomic E-state index is -3.54. The Hall–Kier alpha value is -2.36. The van der Waals surface area contributed by atoms with Crippen molar-refractivity contribution in [3.8, 4) is 5.75 Å². The number of sulfonamides is 1. The Balaban J connectivity index is 1.53. The smallest absolute Gasteiger partial charge is 0.258 e. The Morgan fingerprint density at radius 1 is 1.22 bits per heavy atom. The van der Waals surface area contributed by atoms with Crippen LogP contribution >= 0.6 is 0 Å². The first-order valence-electron chi connectivity index (χ1n) is 8.60. The average Bonchev–Trinajstić information content (AvgIpc) is 3.22. The van der Waals surface area contributed by atoms with Gasteiger partial charge in [0, 0.05) is 13.1 Å². The number of furan rings is 1. The van der Waals surface area contributed by atoms with E-state index in [9.17, 15) is 13.2 Å². The van der Waals surface area contributed by atoms with E-state index >= 15 is 0 Å². The van der Waals surface area contributed by atoms with Gasteiger partial charge in [0.25, 0.3) is 5.91 Å². The van der Waals surface area contributed by atoms with Gasteiger partial charge < -0.3 is 19.2 Å². The zero-order chi connectivity index (χ0) is 19.3. The lowest BCUT2D eigenvalue weighted by Crippen LogP contribution is -2.40. The van der Waals surface area contributed by atoms with E-state index in [4.69, 9.17) is 13.9 Å². The molecule has 0 spiro atoms. The fourth-order valence-electron chi connectivity index (χ4n) is 2.68. The molecule has 27 heavy (non-hydrogen) atoms. The zero-order valence-corrected chi connectivity index (χ0v) is 15.8. The second-order valence-corrected chi connectivity index (χ2v) is 8.02. The van der Waals surface area contributed by atoms with E-state index in [0.29, 0.717) is 37.8 Å². The summed E-state index contributed by atoms with van der Waals surface area (Å²) in [5.74, 6) is 0.765. The number of hydrogen-bond donors (Lipinski definition) is 1. The van der Waals surface area contributed by atoms with E-state index in [1.54, 1.807) is 18.4 Å². The Morgan fingerprint density at radius 2 is 1.93 bits per heavy atom. The molecule has 0 saturated carbocycles. The minimum Gasteiger partial charge on any atom is -0.484 e. The van der Waals surface area contributed by atoms with E-state index in [2.05, 4.69) is 5.32 Å². The third-order valence-corrected chi connectivity index (χ3v) is 6.06. The first-order chi connectivity index (χ1) is 13.0. The van der Waals surface area contributed by atoms with Gasteiger partial charge in [0.15, 0.2) is 6.61 Å². The highest BCUT2D eigenvalue weighted by Gasteiger charge is 2.26. The largest absolute Gasteiger partial charge is 0.484 e. The standard InChI is InChI=1S/C18H22N2O6S/c1-14(17-3-2-10-25-17)19-18(21)13-26-15-4-6-16(7-5-15)27(22,23)20-8-11-24-12-9-20/h2-7,10,14H,8-9,11-13H2,1H3,(H,19,21)/t14-/m1/s1. The molecule has 1 aromatic heterocycles. The van der Waals surface area contributed by atoms with Crippen molar-refractivity contribution in [3.05, 3.63) is 48.4 Å². The normalized spacial score (nSPS) is 16.6. The maximum absolute atomic E-state index is 12.6. The number of hydrogen-bond acceptors (Lipinski definition) is 6. The van der Waals surface area contributed by atoms with Crippen LogP contribution in [0.2, 0.25) is 0 Å². The van der Waals surface area contributed by atoms with Crippen molar-refractivity contribution in [1.29, 1.82) is 0 Å². The van der Waals surface area contributed by atoms with Crippen molar-refractivity contribution in [2.45, 2.75) is 17.9 Å². The molecule has 1 aromatic carbocycles. The van der Waals surface area contributed by atoms with Crippen LogP contribution in [-0.4, -0.2) is 51.5 Å². The highest BCUT2D eigenvalue weighted by atomic mass is 32.2. The number of benzene rings is 1. The minimum absolute atomic E-state index is 0.180. The third-order valence-electron chi connectivity index (χ3n) is 4.15. The van der Waals surface area contributed by atoms with Crippen molar-refractivity contribution in [1.82, 2.24) is 9.62 Å². The topological polar surface area (TPSA) is 98.1 Å². The van der Waals surface area contributed by atoms with Crippen molar-refractivity contribution in [2.24, 2.45) is 0 Å². The van der Waals surface area contributed by atoms with Crippen molar-refractivity contribution in [3.63, 3.8) is 0 Å². The van der Waals surface area contributed by atoms with Crippen molar-refractivity contribution >= 4 is 15.9 Å². The third kappa shape index (κ3) is 4.88. The molecule has 0 bridgehead atoms. The first kappa shape index (κ1) is 19.4. The number of carbonyl (C=O) groups excluding carboxylic acids is 1. The average molecular weight is 394 g/mol.